The Labute approximate surface area is 116 Å². The molecular formula is C16H15F3O. The van der Waals surface area contributed by atoms with Crippen molar-refractivity contribution in [1.82, 2.24) is 0 Å². The first-order valence-corrected chi connectivity index (χ1v) is 6.12. The van der Waals surface area contributed by atoms with E-state index in [2.05, 4.69) is 11.8 Å². The van der Waals surface area contributed by atoms with Crippen LogP contribution in [0.2, 0.25) is 0 Å². The van der Waals surface area contributed by atoms with Crippen molar-refractivity contribution in [2.75, 3.05) is 6.61 Å². The lowest BCUT2D eigenvalue weighted by Crippen LogP contribution is -2.04. The van der Waals surface area contributed by atoms with Gasteiger partial charge in [-0.15, -0.1) is 0 Å². The van der Waals surface area contributed by atoms with Gasteiger partial charge in [-0.1, -0.05) is 36.1 Å². The maximum absolute atomic E-state index is 12.5. The maximum Gasteiger partial charge on any atom is 0.416 e. The zero-order chi connectivity index (χ0) is 14.8. The quantitative estimate of drug-likeness (QED) is 0.501. The molecule has 0 bridgehead atoms. The van der Waals surface area contributed by atoms with E-state index < -0.39 is 11.7 Å². The number of hydrogen-bond donors (Lipinski definition) is 1. The van der Waals surface area contributed by atoms with Gasteiger partial charge in [0.05, 0.1) is 12.2 Å². The van der Waals surface area contributed by atoms with Crippen molar-refractivity contribution in [3.63, 3.8) is 0 Å². The lowest BCUT2D eigenvalue weighted by atomic mass is 10.1. The number of rotatable bonds is 4. The summed E-state index contributed by atoms with van der Waals surface area (Å²) in [5.41, 5.74) is -0.198. The Bertz CT molecular complexity index is 531. The molecule has 0 heterocycles. The Morgan fingerprint density at radius 1 is 1.20 bits per heavy atom. The first-order chi connectivity index (χ1) is 9.54. The van der Waals surface area contributed by atoms with Crippen LogP contribution in [0, 0.1) is 11.8 Å². The van der Waals surface area contributed by atoms with Gasteiger partial charge in [0.15, 0.2) is 0 Å². The van der Waals surface area contributed by atoms with Crippen molar-refractivity contribution < 1.29 is 18.3 Å². The number of benzene rings is 1. The smallest absolute Gasteiger partial charge is 0.392 e. The highest BCUT2D eigenvalue weighted by molar-refractivity contribution is 5.53. The Morgan fingerprint density at radius 3 is 2.70 bits per heavy atom. The van der Waals surface area contributed by atoms with Crippen molar-refractivity contribution in [3.8, 4) is 11.8 Å². The normalized spacial score (nSPS) is 11.8. The molecule has 0 unspecified atom stereocenters. The van der Waals surface area contributed by atoms with Crippen molar-refractivity contribution in [1.29, 1.82) is 0 Å². The van der Waals surface area contributed by atoms with Crippen LogP contribution in [-0.2, 0) is 6.18 Å². The molecule has 0 aliphatic heterocycles. The van der Waals surface area contributed by atoms with Gasteiger partial charge in [-0.3, -0.25) is 0 Å². The number of allylic oxidation sites excluding steroid dienone is 2. The molecule has 0 spiro atoms. The average Bonchev–Trinajstić information content (AvgIpc) is 2.41. The molecule has 1 N–H and O–H groups in total. The van der Waals surface area contributed by atoms with Crippen LogP contribution >= 0.6 is 0 Å². The van der Waals surface area contributed by atoms with E-state index in [-0.39, 0.29) is 6.61 Å². The molecule has 20 heavy (non-hydrogen) atoms. The monoisotopic (exact) mass is 280 g/mol. The van der Waals surface area contributed by atoms with Gasteiger partial charge >= 0.3 is 6.18 Å². The third-order valence-electron chi connectivity index (χ3n) is 2.38. The SMILES string of the molecule is OC/C=C/CCC#C/C=C/c1cccc(C(F)(F)F)c1. The van der Waals surface area contributed by atoms with E-state index in [1.54, 1.807) is 18.2 Å². The predicted octanol–water partition coefficient (Wildman–Crippen LogP) is 4.05. The van der Waals surface area contributed by atoms with Crippen LogP contribution in [0.25, 0.3) is 6.08 Å². The summed E-state index contributed by atoms with van der Waals surface area (Å²) in [7, 11) is 0. The van der Waals surface area contributed by atoms with Crippen LogP contribution in [0.4, 0.5) is 13.2 Å². The molecule has 0 saturated carbocycles. The van der Waals surface area contributed by atoms with Crippen molar-refractivity contribution in [2.45, 2.75) is 19.0 Å². The number of hydrogen-bond acceptors (Lipinski definition) is 1. The third kappa shape index (κ3) is 6.26. The zero-order valence-electron chi connectivity index (χ0n) is 10.8. The van der Waals surface area contributed by atoms with Gasteiger partial charge < -0.3 is 5.11 Å². The van der Waals surface area contributed by atoms with Gasteiger partial charge in [0.2, 0.25) is 0 Å². The molecule has 0 radical (unpaired) electrons. The second-order valence-electron chi connectivity index (χ2n) is 3.97. The Kier molecular flexibility index (Phi) is 6.61. The summed E-state index contributed by atoms with van der Waals surface area (Å²) < 4.78 is 37.4. The average molecular weight is 280 g/mol. The highest BCUT2D eigenvalue weighted by Crippen LogP contribution is 2.29. The highest BCUT2D eigenvalue weighted by atomic mass is 19.4. The molecule has 0 aliphatic carbocycles. The van der Waals surface area contributed by atoms with Crippen LogP contribution in [0.3, 0.4) is 0 Å². The highest BCUT2D eigenvalue weighted by Gasteiger charge is 2.30. The molecule has 4 heteroatoms. The summed E-state index contributed by atoms with van der Waals surface area (Å²) in [6, 6.07) is 5.09. The molecule has 106 valence electrons. The summed E-state index contributed by atoms with van der Waals surface area (Å²) in [6.07, 6.45) is 3.60. The van der Waals surface area contributed by atoms with Crippen LogP contribution in [-0.4, -0.2) is 11.7 Å². The van der Waals surface area contributed by atoms with E-state index in [1.165, 1.54) is 12.1 Å². The first kappa shape index (κ1) is 16.1. The topological polar surface area (TPSA) is 20.2 Å². The zero-order valence-corrected chi connectivity index (χ0v) is 10.8. The standard InChI is InChI=1S/C16H15F3O/c17-16(18,19)15-11-8-10-14(13-15)9-6-4-2-1-3-5-7-12-20/h5-11,13,20H,1,3,12H2/b7-5+,9-6+. The molecule has 0 amide bonds. The Morgan fingerprint density at radius 2 is 2.00 bits per heavy atom. The summed E-state index contributed by atoms with van der Waals surface area (Å²) >= 11 is 0. The summed E-state index contributed by atoms with van der Waals surface area (Å²) in [4.78, 5) is 0. The molecule has 1 nitrogen and oxygen atoms in total. The van der Waals surface area contributed by atoms with Gasteiger partial charge in [0, 0.05) is 6.42 Å². The molecule has 0 aliphatic rings. The number of unbranched alkanes of at least 4 members (excludes halogenated alkanes) is 1. The van der Waals surface area contributed by atoms with Gasteiger partial charge in [-0.25, -0.2) is 0 Å². The summed E-state index contributed by atoms with van der Waals surface area (Å²) in [6.45, 7) is 0.0167. The summed E-state index contributed by atoms with van der Waals surface area (Å²) in [5, 5.41) is 8.50. The first-order valence-electron chi connectivity index (χ1n) is 6.12. The number of alkyl halides is 3. The minimum atomic E-state index is -4.32. The van der Waals surface area contributed by atoms with E-state index >= 15 is 0 Å². The molecule has 1 rings (SSSR count). The second kappa shape index (κ2) is 8.23. The largest absolute Gasteiger partial charge is 0.416 e. The van der Waals surface area contributed by atoms with Crippen LogP contribution in [0.15, 0.2) is 42.5 Å². The Balaban J connectivity index is 2.55. The lowest BCUT2D eigenvalue weighted by Gasteiger charge is -2.06. The van der Waals surface area contributed by atoms with Crippen molar-refractivity contribution in [2.24, 2.45) is 0 Å². The fraction of sp³-hybridized carbons (Fsp3) is 0.250. The van der Waals surface area contributed by atoms with E-state index in [0.29, 0.717) is 12.0 Å². The van der Waals surface area contributed by atoms with E-state index in [1.807, 2.05) is 6.08 Å². The minimum Gasteiger partial charge on any atom is -0.392 e. The second-order valence-corrected chi connectivity index (χ2v) is 3.97. The maximum atomic E-state index is 12.5. The van der Waals surface area contributed by atoms with Gasteiger partial charge in [0.25, 0.3) is 0 Å². The van der Waals surface area contributed by atoms with E-state index in [4.69, 9.17) is 5.11 Å². The van der Waals surface area contributed by atoms with E-state index in [0.717, 1.165) is 18.6 Å². The van der Waals surface area contributed by atoms with Crippen molar-refractivity contribution in [3.05, 3.63) is 53.6 Å². The molecule has 0 fully saturated rings. The number of aliphatic hydroxyl groups is 1. The molecular weight excluding hydrogens is 265 g/mol. The van der Waals surface area contributed by atoms with Gasteiger partial charge in [-0.05, 0) is 36.3 Å². The van der Waals surface area contributed by atoms with E-state index in [9.17, 15) is 13.2 Å². The van der Waals surface area contributed by atoms with Gasteiger partial charge in [-0.2, -0.15) is 13.2 Å². The van der Waals surface area contributed by atoms with Gasteiger partial charge in [0.1, 0.15) is 0 Å². The minimum absolute atomic E-state index is 0.0167. The molecule has 0 atom stereocenters. The number of aliphatic hydroxyl groups excluding tert-OH is 1. The molecule has 1 aromatic rings. The van der Waals surface area contributed by atoms with Crippen LogP contribution in [0.1, 0.15) is 24.0 Å². The Hall–Kier alpha value is -1.99. The summed E-state index contributed by atoms with van der Waals surface area (Å²) in [5.74, 6) is 5.63. The third-order valence-corrected chi connectivity index (χ3v) is 2.38. The fourth-order valence-electron chi connectivity index (χ4n) is 1.44. The lowest BCUT2D eigenvalue weighted by molar-refractivity contribution is -0.137. The van der Waals surface area contributed by atoms with Crippen LogP contribution in [0.5, 0.6) is 0 Å². The fourth-order valence-corrected chi connectivity index (χ4v) is 1.44. The van der Waals surface area contributed by atoms with Crippen molar-refractivity contribution >= 4 is 6.08 Å². The molecule has 0 saturated heterocycles. The molecule has 1 aromatic carbocycles. The number of halogens is 3. The van der Waals surface area contributed by atoms with Crippen LogP contribution < -0.4 is 0 Å². The molecule has 0 aromatic heterocycles. The predicted molar refractivity (Wildman–Crippen MR) is 73.7 cm³/mol.